The number of nitrogens with zero attached hydrogens (tertiary/aromatic N) is 1. The lowest BCUT2D eigenvalue weighted by molar-refractivity contribution is 0.595. The van der Waals surface area contributed by atoms with Crippen molar-refractivity contribution in [3.63, 3.8) is 0 Å². The van der Waals surface area contributed by atoms with Gasteiger partial charge in [0.15, 0.2) is 0 Å². The maximum Gasteiger partial charge on any atom is 0.0484 e. The normalized spacial score (nSPS) is 10.9. The van der Waals surface area contributed by atoms with Gasteiger partial charge in [0.05, 0.1) is 0 Å². The van der Waals surface area contributed by atoms with Gasteiger partial charge in [0.25, 0.3) is 0 Å². The first kappa shape index (κ1) is 10.0. The Bertz CT molecular complexity index is 438. The molecule has 0 saturated carbocycles. The van der Waals surface area contributed by atoms with E-state index < -0.39 is 0 Å². The first-order chi connectivity index (χ1) is 7.20. The monoisotopic (exact) mass is 199 g/mol. The fourth-order valence-electron chi connectivity index (χ4n) is 2.08. The van der Waals surface area contributed by atoms with E-state index in [0.29, 0.717) is 6.04 Å². The smallest absolute Gasteiger partial charge is 0.0484 e. The average Bonchev–Trinajstić information content (AvgIpc) is 2.61. The summed E-state index contributed by atoms with van der Waals surface area (Å²) in [5.74, 6) is 0. The quantitative estimate of drug-likeness (QED) is 0.687. The van der Waals surface area contributed by atoms with Crippen molar-refractivity contribution in [2.24, 2.45) is 0 Å². The third-order valence-electron chi connectivity index (χ3n) is 2.71. The van der Waals surface area contributed by atoms with Gasteiger partial charge in [-0.15, -0.1) is 0 Å². The third-order valence-corrected chi connectivity index (χ3v) is 2.71. The molecule has 1 aromatic heterocycles. The Balaban J connectivity index is 2.54. The second kappa shape index (κ2) is 3.93. The average molecular weight is 199 g/mol. The van der Waals surface area contributed by atoms with E-state index >= 15 is 0 Å². The standard InChI is InChI=1S/C14H17N/c1-11(2)15-12(3)9-10-14(15)13-7-5-4-6-8-13/h4-11H,1-3H3. The van der Waals surface area contributed by atoms with Crippen LogP contribution in [-0.2, 0) is 0 Å². The SMILES string of the molecule is Cc1ccc(-c2ccccc2)n1C(C)C. The first-order valence-corrected chi connectivity index (χ1v) is 5.43. The molecule has 0 amide bonds. The fraction of sp³-hybridized carbons (Fsp3) is 0.286. The van der Waals surface area contributed by atoms with Gasteiger partial charge >= 0.3 is 0 Å². The zero-order valence-corrected chi connectivity index (χ0v) is 9.57. The van der Waals surface area contributed by atoms with E-state index in [1.165, 1.54) is 17.0 Å². The Kier molecular flexibility index (Phi) is 2.63. The molecule has 15 heavy (non-hydrogen) atoms. The minimum atomic E-state index is 0.509. The summed E-state index contributed by atoms with van der Waals surface area (Å²) in [5, 5.41) is 0. The van der Waals surface area contributed by atoms with Crippen LogP contribution in [0.5, 0.6) is 0 Å². The molecule has 0 bridgehead atoms. The highest BCUT2D eigenvalue weighted by molar-refractivity contribution is 5.60. The van der Waals surface area contributed by atoms with Gasteiger partial charge in [-0.2, -0.15) is 0 Å². The lowest BCUT2D eigenvalue weighted by Gasteiger charge is -2.15. The second-order valence-corrected chi connectivity index (χ2v) is 4.19. The highest BCUT2D eigenvalue weighted by atomic mass is 15.0. The number of hydrogen-bond acceptors (Lipinski definition) is 0. The highest BCUT2D eigenvalue weighted by Gasteiger charge is 2.08. The summed E-state index contributed by atoms with van der Waals surface area (Å²) in [4.78, 5) is 0. The summed E-state index contributed by atoms with van der Waals surface area (Å²) in [6.45, 7) is 6.60. The largest absolute Gasteiger partial charge is 0.342 e. The molecule has 0 aliphatic carbocycles. The molecule has 0 radical (unpaired) electrons. The maximum atomic E-state index is 2.37. The summed E-state index contributed by atoms with van der Waals surface area (Å²) in [7, 11) is 0. The molecule has 0 N–H and O–H groups in total. The topological polar surface area (TPSA) is 4.93 Å². The molecule has 78 valence electrons. The molecular formula is C14H17N. The van der Waals surface area contributed by atoms with Crippen LogP contribution in [0.4, 0.5) is 0 Å². The van der Waals surface area contributed by atoms with Crippen LogP contribution in [0, 0.1) is 6.92 Å². The van der Waals surface area contributed by atoms with Crippen LogP contribution in [0.3, 0.4) is 0 Å². The number of aryl methyl sites for hydroxylation is 1. The molecule has 0 aliphatic rings. The molecule has 0 saturated heterocycles. The Morgan fingerprint density at radius 3 is 2.20 bits per heavy atom. The summed E-state index contributed by atoms with van der Waals surface area (Å²) in [5.41, 5.74) is 3.92. The molecule has 1 heterocycles. The van der Waals surface area contributed by atoms with Crippen LogP contribution in [0.1, 0.15) is 25.6 Å². The van der Waals surface area contributed by atoms with Gasteiger partial charge in [0.2, 0.25) is 0 Å². The lowest BCUT2D eigenvalue weighted by atomic mass is 10.1. The summed E-state index contributed by atoms with van der Waals surface area (Å²) in [6, 6.07) is 15.4. The van der Waals surface area contributed by atoms with Gasteiger partial charge in [-0.05, 0) is 38.5 Å². The van der Waals surface area contributed by atoms with Crippen molar-refractivity contribution in [2.75, 3.05) is 0 Å². The zero-order valence-electron chi connectivity index (χ0n) is 9.57. The zero-order chi connectivity index (χ0) is 10.8. The van der Waals surface area contributed by atoms with Gasteiger partial charge in [-0.3, -0.25) is 0 Å². The summed E-state index contributed by atoms with van der Waals surface area (Å²) < 4.78 is 2.37. The Morgan fingerprint density at radius 1 is 0.933 bits per heavy atom. The second-order valence-electron chi connectivity index (χ2n) is 4.19. The minimum absolute atomic E-state index is 0.509. The summed E-state index contributed by atoms with van der Waals surface area (Å²) >= 11 is 0. The summed E-state index contributed by atoms with van der Waals surface area (Å²) in [6.07, 6.45) is 0. The van der Waals surface area contributed by atoms with Crippen molar-refractivity contribution >= 4 is 0 Å². The van der Waals surface area contributed by atoms with Crippen LogP contribution in [0.15, 0.2) is 42.5 Å². The van der Waals surface area contributed by atoms with E-state index in [1.807, 2.05) is 0 Å². The minimum Gasteiger partial charge on any atom is -0.342 e. The molecule has 1 heteroatoms. The van der Waals surface area contributed by atoms with E-state index in [9.17, 15) is 0 Å². The van der Waals surface area contributed by atoms with Crippen LogP contribution < -0.4 is 0 Å². The maximum absolute atomic E-state index is 2.37. The van der Waals surface area contributed by atoms with E-state index in [4.69, 9.17) is 0 Å². The molecule has 0 atom stereocenters. The molecule has 1 nitrogen and oxygen atoms in total. The van der Waals surface area contributed by atoms with E-state index in [1.54, 1.807) is 0 Å². The Hall–Kier alpha value is -1.50. The predicted molar refractivity (Wildman–Crippen MR) is 65.0 cm³/mol. The van der Waals surface area contributed by atoms with Crippen LogP contribution in [-0.4, -0.2) is 4.57 Å². The first-order valence-electron chi connectivity index (χ1n) is 5.43. The molecule has 0 fully saturated rings. The molecule has 1 aromatic carbocycles. The van der Waals surface area contributed by atoms with Crippen LogP contribution in [0.2, 0.25) is 0 Å². The van der Waals surface area contributed by atoms with E-state index in [-0.39, 0.29) is 0 Å². The van der Waals surface area contributed by atoms with Crippen LogP contribution >= 0.6 is 0 Å². The lowest BCUT2D eigenvalue weighted by Crippen LogP contribution is -2.04. The Labute approximate surface area is 91.4 Å². The van der Waals surface area contributed by atoms with Crippen molar-refractivity contribution in [3.05, 3.63) is 48.2 Å². The fourth-order valence-corrected chi connectivity index (χ4v) is 2.08. The van der Waals surface area contributed by atoms with Gasteiger partial charge in [0.1, 0.15) is 0 Å². The Morgan fingerprint density at radius 2 is 1.60 bits per heavy atom. The number of benzene rings is 1. The van der Waals surface area contributed by atoms with Crippen LogP contribution in [0.25, 0.3) is 11.3 Å². The third kappa shape index (κ3) is 1.82. The number of aromatic nitrogens is 1. The highest BCUT2D eigenvalue weighted by Crippen LogP contribution is 2.25. The molecular weight excluding hydrogens is 182 g/mol. The van der Waals surface area contributed by atoms with E-state index in [0.717, 1.165) is 0 Å². The molecule has 0 unspecified atom stereocenters. The molecule has 0 spiro atoms. The predicted octanol–water partition coefficient (Wildman–Crippen LogP) is 4.04. The van der Waals surface area contributed by atoms with Crippen molar-refractivity contribution in [2.45, 2.75) is 26.8 Å². The van der Waals surface area contributed by atoms with Crippen molar-refractivity contribution < 1.29 is 0 Å². The number of rotatable bonds is 2. The molecule has 0 aliphatic heterocycles. The molecule has 2 rings (SSSR count). The van der Waals surface area contributed by atoms with E-state index in [2.05, 4.69) is 67.8 Å². The van der Waals surface area contributed by atoms with Crippen molar-refractivity contribution in [1.29, 1.82) is 0 Å². The van der Waals surface area contributed by atoms with Crippen molar-refractivity contribution in [1.82, 2.24) is 4.57 Å². The number of hydrogen-bond donors (Lipinski definition) is 0. The van der Waals surface area contributed by atoms with Gasteiger partial charge in [0, 0.05) is 17.4 Å². The van der Waals surface area contributed by atoms with Crippen molar-refractivity contribution in [3.8, 4) is 11.3 Å². The molecule has 2 aromatic rings. The van der Waals surface area contributed by atoms with Gasteiger partial charge in [-0.25, -0.2) is 0 Å². The van der Waals surface area contributed by atoms with Gasteiger partial charge in [-0.1, -0.05) is 30.3 Å². The van der Waals surface area contributed by atoms with Gasteiger partial charge < -0.3 is 4.57 Å².